The van der Waals surface area contributed by atoms with Crippen LogP contribution in [-0.2, 0) is 14.8 Å². The van der Waals surface area contributed by atoms with E-state index >= 15 is 0 Å². The minimum absolute atomic E-state index is 0.00552. The van der Waals surface area contributed by atoms with Crippen LogP contribution < -0.4 is 5.32 Å². The summed E-state index contributed by atoms with van der Waals surface area (Å²) in [7, 11) is -3.89. The highest BCUT2D eigenvalue weighted by Crippen LogP contribution is 2.29. The summed E-state index contributed by atoms with van der Waals surface area (Å²) in [6, 6.07) is 5.38. The SMILES string of the molecule is O=[N+]([O-])c1ccccc1S(=O)(=O)N1CCC2OCCNC2C1. The lowest BCUT2D eigenvalue weighted by molar-refractivity contribution is -0.387. The molecule has 2 atom stereocenters. The number of hydrogen-bond acceptors (Lipinski definition) is 6. The van der Waals surface area contributed by atoms with E-state index in [-0.39, 0.29) is 23.6 Å². The Morgan fingerprint density at radius 3 is 2.91 bits per heavy atom. The van der Waals surface area contributed by atoms with E-state index in [2.05, 4.69) is 5.32 Å². The average Bonchev–Trinajstić information content (AvgIpc) is 2.54. The lowest BCUT2D eigenvalue weighted by atomic mass is 10.0. The van der Waals surface area contributed by atoms with Crippen molar-refractivity contribution in [1.29, 1.82) is 0 Å². The molecule has 0 amide bonds. The summed E-state index contributed by atoms with van der Waals surface area (Å²) in [4.78, 5) is 10.1. The van der Waals surface area contributed by atoms with Gasteiger partial charge in [0.05, 0.1) is 17.6 Å². The zero-order valence-electron chi connectivity index (χ0n) is 11.8. The fourth-order valence-electron chi connectivity index (χ4n) is 2.93. The van der Waals surface area contributed by atoms with Gasteiger partial charge >= 0.3 is 0 Å². The van der Waals surface area contributed by atoms with E-state index < -0.39 is 20.6 Å². The lowest BCUT2D eigenvalue weighted by Crippen LogP contribution is -2.59. The van der Waals surface area contributed by atoms with Gasteiger partial charge in [0.15, 0.2) is 4.90 Å². The van der Waals surface area contributed by atoms with Crippen molar-refractivity contribution in [1.82, 2.24) is 9.62 Å². The molecule has 8 nitrogen and oxygen atoms in total. The van der Waals surface area contributed by atoms with Gasteiger partial charge < -0.3 is 10.1 Å². The van der Waals surface area contributed by atoms with Crippen molar-refractivity contribution >= 4 is 15.7 Å². The number of para-hydroxylation sites is 1. The number of hydrogen-bond donors (Lipinski definition) is 1. The Labute approximate surface area is 128 Å². The Balaban J connectivity index is 1.89. The van der Waals surface area contributed by atoms with Gasteiger partial charge in [-0.2, -0.15) is 4.31 Å². The van der Waals surface area contributed by atoms with E-state index in [4.69, 9.17) is 4.74 Å². The lowest BCUT2D eigenvalue weighted by Gasteiger charge is -2.40. The maximum absolute atomic E-state index is 12.7. The molecule has 2 saturated heterocycles. The third-order valence-electron chi connectivity index (χ3n) is 4.03. The van der Waals surface area contributed by atoms with Crippen LogP contribution in [0.25, 0.3) is 0 Å². The number of piperidine rings is 1. The highest BCUT2D eigenvalue weighted by molar-refractivity contribution is 7.89. The first-order valence-electron chi connectivity index (χ1n) is 7.09. The number of ether oxygens (including phenoxy) is 1. The van der Waals surface area contributed by atoms with Crippen molar-refractivity contribution in [2.75, 3.05) is 26.2 Å². The number of sulfonamides is 1. The standard InChI is InChI=1S/C13H17N3O5S/c17-16(18)11-3-1-2-4-13(11)22(19,20)15-7-5-12-10(9-15)14-6-8-21-12/h1-4,10,12,14H,5-9H2. The summed E-state index contributed by atoms with van der Waals surface area (Å²) in [5, 5.41) is 14.3. The van der Waals surface area contributed by atoms with Gasteiger partial charge in [0.2, 0.25) is 10.0 Å². The van der Waals surface area contributed by atoms with Crippen molar-refractivity contribution in [2.45, 2.75) is 23.5 Å². The second-order valence-corrected chi connectivity index (χ2v) is 7.25. The molecule has 9 heteroatoms. The quantitative estimate of drug-likeness (QED) is 0.635. The third-order valence-corrected chi connectivity index (χ3v) is 5.94. The van der Waals surface area contributed by atoms with Gasteiger partial charge in [0.1, 0.15) is 0 Å². The van der Waals surface area contributed by atoms with Crippen LogP contribution in [0, 0.1) is 10.1 Å². The van der Waals surface area contributed by atoms with E-state index in [1.807, 2.05) is 0 Å². The van der Waals surface area contributed by atoms with Gasteiger partial charge in [-0.15, -0.1) is 0 Å². The van der Waals surface area contributed by atoms with Crippen molar-refractivity contribution in [2.24, 2.45) is 0 Å². The maximum atomic E-state index is 12.7. The van der Waals surface area contributed by atoms with Gasteiger partial charge in [-0.3, -0.25) is 10.1 Å². The summed E-state index contributed by atoms with van der Waals surface area (Å²) < 4.78 is 32.4. The number of nitrogens with one attached hydrogen (secondary N) is 1. The molecule has 2 fully saturated rings. The van der Waals surface area contributed by atoms with Crippen LogP contribution in [0.3, 0.4) is 0 Å². The Bertz CT molecular complexity index is 678. The van der Waals surface area contributed by atoms with Crippen molar-refractivity contribution in [3.63, 3.8) is 0 Å². The predicted octanol–water partition coefficient (Wildman–Crippen LogP) is 0.346. The maximum Gasteiger partial charge on any atom is 0.289 e. The van der Waals surface area contributed by atoms with E-state index in [0.29, 0.717) is 26.1 Å². The summed E-state index contributed by atoms with van der Waals surface area (Å²) in [5.41, 5.74) is -0.391. The molecule has 2 aliphatic heterocycles. The molecule has 120 valence electrons. The molecule has 0 aromatic heterocycles. The normalized spacial score (nSPS) is 26.4. The number of nitro groups is 1. The molecule has 1 aromatic rings. The van der Waals surface area contributed by atoms with Crippen LogP contribution in [0.1, 0.15) is 6.42 Å². The van der Waals surface area contributed by atoms with E-state index in [1.54, 1.807) is 0 Å². The second kappa shape index (κ2) is 5.92. The number of nitro benzene ring substituents is 1. The van der Waals surface area contributed by atoms with E-state index in [0.717, 1.165) is 0 Å². The van der Waals surface area contributed by atoms with Gasteiger partial charge in [-0.05, 0) is 12.5 Å². The van der Waals surface area contributed by atoms with Gasteiger partial charge in [0, 0.05) is 31.7 Å². The van der Waals surface area contributed by atoms with Crippen molar-refractivity contribution in [3.05, 3.63) is 34.4 Å². The molecule has 0 bridgehead atoms. The highest BCUT2D eigenvalue weighted by Gasteiger charge is 2.39. The Morgan fingerprint density at radius 2 is 2.14 bits per heavy atom. The zero-order valence-corrected chi connectivity index (χ0v) is 12.7. The van der Waals surface area contributed by atoms with E-state index in [1.165, 1.54) is 28.6 Å². The first-order chi connectivity index (χ1) is 10.5. The van der Waals surface area contributed by atoms with Crippen molar-refractivity contribution in [3.8, 4) is 0 Å². The molecule has 1 aromatic carbocycles. The highest BCUT2D eigenvalue weighted by atomic mass is 32.2. The van der Waals surface area contributed by atoms with Gasteiger partial charge in [-0.1, -0.05) is 12.1 Å². The van der Waals surface area contributed by atoms with E-state index in [9.17, 15) is 18.5 Å². The minimum Gasteiger partial charge on any atom is -0.375 e. The fraction of sp³-hybridized carbons (Fsp3) is 0.538. The molecule has 0 spiro atoms. The molecular formula is C13H17N3O5S. The number of benzene rings is 1. The minimum atomic E-state index is -3.89. The summed E-state index contributed by atoms with van der Waals surface area (Å²) in [6.07, 6.45) is 0.586. The number of nitrogens with zero attached hydrogens (tertiary/aromatic N) is 2. The Kier molecular flexibility index (Phi) is 4.13. The number of fused-ring (bicyclic) bond motifs is 1. The fourth-order valence-corrected chi connectivity index (χ4v) is 4.57. The Hall–Kier alpha value is -1.55. The van der Waals surface area contributed by atoms with Gasteiger partial charge in [0.25, 0.3) is 5.69 Å². The smallest absolute Gasteiger partial charge is 0.289 e. The number of morpholine rings is 1. The van der Waals surface area contributed by atoms with Crippen LogP contribution in [0.4, 0.5) is 5.69 Å². The predicted molar refractivity (Wildman–Crippen MR) is 78.0 cm³/mol. The molecule has 3 rings (SSSR count). The van der Waals surface area contributed by atoms with Crippen LogP contribution in [0.15, 0.2) is 29.2 Å². The van der Waals surface area contributed by atoms with Crippen LogP contribution in [0.2, 0.25) is 0 Å². The first kappa shape index (κ1) is 15.3. The summed E-state index contributed by atoms with van der Waals surface area (Å²) in [5.74, 6) is 0. The zero-order chi connectivity index (χ0) is 15.7. The summed E-state index contributed by atoms with van der Waals surface area (Å²) in [6.45, 7) is 1.87. The second-order valence-electron chi connectivity index (χ2n) is 5.35. The van der Waals surface area contributed by atoms with Crippen LogP contribution in [0.5, 0.6) is 0 Å². The molecule has 1 N–H and O–H groups in total. The molecular weight excluding hydrogens is 310 g/mol. The molecule has 2 aliphatic rings. The topological polar surface area (TPSA) is 102 Å². The summed E-state index contributed by atoms with van der Waals surface area (Å²) >= 11 is 0. The molecule has 0 radical (unpaired) electrons. The third kappa shape index (κ3) is 2.72. The first-order valence-corrected chi connectivity index (χ1v) is 8.53. The molecule has 22 heavy (non-hydrogen) atoms. The Morgan fingerprint density at radius 1 is 1.36 bits per heavy atom. The molecule has 2 unspecified atom stereocenters. The largest absolute Gasteiger partial charge is 0.375 e. The number of rotatable bonds is 3. The molecule has 0 saturated carbocycles. The average molecular weight is 327 g/mol. The van der Waals surface area contributed by atoms with Crippen LogP contribution in [-0.4, -0.2) is 56.0 Å². The van der Waals surface area contributed by atoms with Crippen LogP contribution >= 0.6 is 0 Å². The monoisotopic (exact) mass is 327 g/mol. The van der Waals surface area contributed by atoms with Gasteiger partial charge in [-0.25, -0.2) is 8.42 Å². The molecule has 2 heterocycles. The van der Waals surface area contributed by atoms with Crippen molar-refractivity contribution < 1.29 is 18.1 Å². The molecule has 0 aliphatic carbocycles.